The fourth-order valence-electron chi connectivity index (χ4n) is 6.34. The van der Waals surface area contributed by atoms with E-state index < -0.39 is 0 Å². The first kappa shape index (κ1) is 21.4. The van der Waals surface area contributed by atoms with E-state index in [2.05, 4.69) is 98.8 Å². The van der Waals surface area contributed by atoms with Crippen LogP contribution in [-0.4, -0.2) is 0 Å². The zero-order chi connectivity index (χ0) is 23.1. The highest BCUT2D eigenvalue weighted by molar-refractivity contribution is 6.04. The Morgan fingerprint density at radius 1 is 0.853 bits per heavy atom. The van der Waals surface area contributed by atoms with Crippen LogP contribution in [0.4, 0.5) is 0 Å². The predicted octanol–water partition coefficient (Wildman–Crippen LogP) is 7.69. The Morgan fingerprint density at radius 3 is 2.44 bits per heavy atom. The number of hydrogen-bond acceptors (Lipinski definition) is 0. The van der Waals surface area contributed by atoms with Gasteiger partial charge in [0.2, 0.25) is 0 Å². The van der Waals surface area contributed by atoms with Crippen LogP contribution in [0.1, 0.15) is 68.2 Å². The molecule has 3 aliphatic rings. The van der Waals surface area contributed by atoms with Crippen LogP contribution < -0.4 is 10.4 Å². The summed E-state index contributed by atoms with van der Waals surface area (Å²) < 4.78 is 0. The van der Waals surface area contributed by atoms with E-state index in [-0.39, 0.29) is 0 Å². The van der Waals surface area contributed by atoms with Crippen molar-refractivity contribution in [3.63, 3.8) is 0 Å². The topological polar surface area (TPSA) is 0 Å². The van der Waals surface area contributed by atoms with Gasteiger partial charge in [-0.2, -0.15) is 0 Å². The van der Waals surface area contributed by atoms with Gasteiger partial charge in [0.25, 0.3) is 0 Å². The maximum absolute atomic E-state index is 2.56. The minimum absolute atomic E-state index is 0.576. The van der Waals surface area contributed by atoms with Gasteiger partial charge in [0, 0.05) is 0 Å². The molecule has 0 fully saturated rings. The lowest BCUT2D eigenvalue weighted by Gasteiger charge is -2.25. The van der Waals surface area contributed by atoms with Crippen LogP contribution in [0.5, 0.6) is 0 Å². The summed E-state index contributed by atoms with van der Waals surface area (Å²) in [4.78, 5) is 0. The second kappa shape index (κ2) is 8.91. The Labute approximate surface area is 203 Å². The molecule has 0 heterocycles. The van der Waals surface area contributed by atoms with Gasteiger partial charge in [-0.1, -0.05) is 105 Å². The second-order valence-corrected chi connectivity index (χ2v) is 10.4. The van der Waals surface area contributed by atoms with Gasteiger partial charge < -0.3 is 0 Å². The van der Waals surface area contributed by atoms with Gasteiger partial charge in [0.15, 0.2) is 0 Å². The molecule has 0 heteroatoms. The van der Waals surface area contributed by atoms with Crippen molar-refractivity contribution in [1.82, 2.24) is 0 Å². The molecule has 0 aliphatic heterocycles. The molecule has 0 radical (unpaired) electrons. The molecule has 3 aliphatic carbocycles. The fourth-order valence-corrected chi connectivity index (χ4v) is 6.34. The summed E-state index contributed by atoms with van der Waals surface area (Å²) in [7, 11) is 0. The SMILES string of the molecule is CCCC1C=CC=C(c2c3c(c(C4=Cc5ccccc5CC4)c4ccccc24)=CCC(C)C=3)C1. The lowest BCUT2D eigenvalue weighted by atomic mass is 9.79. The fraction of sp³-hybridized carbons (Fsp3) is 0.294. The molecule has 2 unspecified atom stereocenters. The zero-order valence-electron chi connectivity index (χ0n) is 20.5. The average Bonchev–Trinajstić information content (AvgIpc) is 2.87. The molecule has 6 rings (SSSR count). The number of aryl methyl sites for hydroxylation is 1. The first-order chi connectivity index (χ1) is 16.7. The van der Waals surface area contributed by atoms with Crippen LogP contribution >= 0.6 is 0 Å². The Hall–Kier alpha value is -3.12. The molecule has 0 saturated carbocycles. The van der Waals surface area contributed by atoms with Crippen molar-refractivity contribution < 1.29 is 0 Å². The molecule has 0 aromatic heterocycles. The van der Waals surface area contributed by atoms with Crippen LogP contribution in [0.15, 0.2) is 66.8 Å². The quantitative estimate of drug-likeness (QED) is 0.388. The van der Waals surface area contributed by atoms with E-state index in [1.807, 2.05) is 0 Å². The lowest BCUT2D eigenvalue weighted by molar-refractivity contribution is 0.591. The van der Waals surface area contributed by atoms with Crippen molar-refractivity contribution in [2.45, 2.75) is 52.4 Å². The second-order valence-electron chi connectivity index (χ2n) is 10.4. The first-order valence-electron chi connectivity index (χ1n) is 13.2. The van der Waals surface area contributed by atoms with E-state index in [1.165, 1.54) is 67.5 Å². The summed E-state index contributed by atoms with van der Waals surface area (Å²) in [6.07, 6.45) is 21.7. The molecule has 0 saturated heterocycles. The zero-order valence-corrected chi connectivity index (χ0v) is 20.5. The lowest BCUT2D eigenvalue weighted by Crippen LogP contribution is -2.36. The highest BCUT2D eigenvalue weighted by Crippen LogP contribution is 2.36. The summed E-state index contributed by atoms with van der Waals surface area (Å²) in [5, 5.41) is 5.79. The minimum atomic E-state index is 0.576. The monoisotopic (exact) mass is 442 g/mol. The Balaban J connectivity index is 1.64. The normalized spacial score (nSPS) is 21.1. The van der Waals surface area contributed by atoms with E-state index in [9.17, 15) is 0 Å². The number of hydrogen-bond donors (Lipinski definition) is 0. The standard InChI is InChI=1S/C34H34/c1-3-9-24-10-8-13-27(21-24)34-30-15-7-6-14-29(30)33(31-19-16-23(2)20-32(31)34)28-18-17-25-11-4-5-12-26(25)22-28/h4-8,10-15,19-20,22-24H,3,9,16-18,21H2,1-2H3. The molecular weight excluding hydrogens is 408 g/mol. The highest BCUT2D eigenvalue weighted by atomic mass is 14.3. The average molecular weight is 443 g/mol. The van der Waals surface area contributed by atoms with Gasteiger partial charge in [-0.3, -0.25) is 0 Å². The van der Waals surface area contributed by atoms with E-state index in [1.54, 1.807) is 0 Å². The number of allylic oxidation sites excluding steroid dienone is 5. The third-order valence-electron chi connectivity index (χ3n) is 7.95. The molecule has 0 bridgehead atoms. The predicted molar refractivity (Wildman–Crippen MR) is 149 cm³/mol. The van der Waals surface area contributed by atoms with E-state index in [4.69, 9.17) is 0 Å². The Kier molecular flexibility index (Phi) is 5.61. The third-order valence-corrected chi connectivity index (χ3v) is 7.95. The van der Waals surface area contributed by atoms with Gasteiger partial charge >= 0.3 is 0 Å². The van der Waals surface area contributed by atoms with Crippen molar-refractivity contribution in [1.29, 1.82) is 0 Å². The van der Waals surface area contributed by atoms with Crippen molar-refractivity contribution in [2.75, 3.05) is 0 Å². The summed E-state index contributed by atoms with van der Waals surface area (Å²) in [6, 6.07) is 18.1. The van der Waals surface area contributed by atoms with Gasteiger partial charge in [-0.05, 0) is 98.5 Å². The van der Waals surface area contributed by atoms with Crippen molar-refractivity contribution in [3.8, 4) is 0 Å². The van der Waals surface area contributed by atoms with E-state index in [0.717, 1.165) is 25.7 Å². The van der Waals surface area contributed by atoms with Crippen LogP contribution in [-0.2, 0) is 6.42 Å². The molecular formula is C34H34. The summed E-state index contributed by atoms with van der Waals surface area (Å²) >= 11 is 0. The van der Waals surface area contributed by atoms with Crippen molar-refractivity contribution in [3.05, 3.63) is 99.5 Å². The third kappa shape index (κ3) is 3.70. The molecule has 0 spiro atoms. The van der Waals surface area contributed by atoms with E-state index in [0.29, 0.717) is 11.8 Å². The summed E-state index contributed by atoms with van der Waals surface area (Å²) in [6.45, 7) is 4.67. The van der Waals surface area contributed by atoms with Gasteiger partial charge in [0.1, 0.15) is 0 Å². The smallest absolute Gasteiger partial charge is 0.00698 e. The Morgan fingerprint density at radius 2 is 1.62 bits per heavy atom. The maximum Gasteiger partial charge on any atom is -0.00698 e. The molecule has 2 atom stereocenters. The number of rotatable bonds is 4. The van der Waals surface area contributed by atoms with Crippen LogP contribution in [0.2, 0.25) is 0 Å². The summed E-state index contributed by atoms with van der Waals surface area (Å²) in [5.74, 6) is 1.23. The van der Waals surface area contributed by atoms with E-state index >= 15 is 0 Å². The van der Waals surface area contributed by atoms with Crippen LogP contribution in [0, 0.1) is 11.8 Å². The summed E-state index contributed by atoms with van der Waals surface area (Å²) in [5.41, 5.74) is 8.84. The van der Waals surface area contributed by atoms with Gasteiger partial charge in [-0.25, -0.2) is 0 Å². The largest absolute Gasteiger partial charge is 0.0811 e. The van der Waals surface area contributed by atoms with Crippen LogP contribution in [0.25, 0.3) is 40.1 Å². The van der Waals surface area contributed by atoms with Crippen molar-refractivity contribution in [2.24, 2.45) is 11.8 Å². The molecule has 170 valence electrons. The van der Waals surface area contributed by atoms with Crippen molar-refractivity contribution >= 4 is 40.1 Å². The Bertz CT molecular complexity index is 1470. The van der Waals surface area contributed by atoms with Gasteiger partial charge in [-0.15, -0.1) is 0 Å². The minimum Gasteiger partial charge on any atom is -0.0811 e. The number of fused-ring (bicyclic) bond motifs is 3. The number of benzene rings is 3. The first-order valence-corrected chi connectivity index (χ1v) is 13.2. The maximum atomic E-state index is 2.56. The molecule has 0 amide bonds. The molecule has 0 nitrogen and oxygen atoms in total. The highest BCUT2D eigenvalue weighted by Gasteiger charge is 2.22. The molecule has 34 heavy (non-hydrogen) atoms. The van der Waals surface area contributed by atoms with Gasteiger partial charge in [0.05, 0.1) is 0 Å². The molecule has 3 aromatic carbocycles. The molecule has 3 aromatic rings. The molecule has 0 N–H and O–H groups in total. The van der Waals surface area contributed by atoms with Crippen LogP contribution in [0.3, 0.4) is 0 Å².